The minimum atomic E-state index is -1.42. The van der Waals surface area contributed by atoms with Crippen molar-refractivity contribution in [2.24, 2.45) is 0 Å². The Hall–Kier alpha value is -2.26. The number of hydrogen-bond donors (Lipinski definition) is 1. The van der Waals surface area contributed by atoms with Crippen LogP contribution in [0.3, 0.4) is 0 Å². The summed E-state index contributed by atoms with van der Waals surface area (Å²) < 4.78 is 22.1. The summed E-state index contributed by atoms with van der Waals surface area (Å²) in [6.07, 6.45) is 1.53. The molecule has 3 heterocycles. The lowest BCUT2D eigenvalue weighted by atomic mass is 10.3. The molecule has 1 unspecified atom stereocenters. The highest BCUT2D eigenvalue weighted by molar-refractivity contribution is 7.84. The van der Waals surface area contributed by atoms with Gasteiger partial charge in [0.15, 0.2) is 0 Å². The zero-order chi connectivity index (χ0) is 16.1. The first-order valence-corrected chi connectivity index (χ1v) is 9.13. The molecule has 1 amide bonds. The van der Waals surface area contributed by atoms with Crippen LogP contribution in [0.4, 0.5) is 0 Å². The Kier molecular flexibility index (Phi) is 4.99. The van der Waals surface area contributed by atoms with Gasteiger partial charge in [0.25, 0.3) is 0 Å². The molecule has 9 heteroatoms. The van der Waals surface area contributed by atoms with Crippen LogP contribution >= 0.6 is 11.3 Å². The summed E-state index contributed by atoms with van der Waals surface area (Å²) in [5, 5.41) is 10.3. The first kappa shape index (κ1) is 15.6. The second kappa shape index (κ2) is 7.34. The van der Waals surface area contributed by atoms with Gasteiger partial charge in [-0.3, -0.25) is 9.00 Å². The van der Waals surface area contributed by atoms with E-state index in [1.54, 1.807) is 12.1 Å². The Bertz CT molecular complexity index is 781. The van der Waals surface area contributed by atoms with Crippen molar-refractivity contribution in [2.75, 3.05) is 5.75 Å². The minimum Gasteiger partial charge on any atom is -0.467 e. The van der Waals surface area contributed by atoms with Gasteiger partial charge in [-0.1, -0.05) is 5.16 Å². The lowest BCUT2D eigenvalue weighted by Crippen LogP contribution is -2.28. The molecule has 0 saturated heterocycles. The number of thiophene rings is 1. The molecule has 7 nitrogen and oxygen atoms in total. The molecule has 0 spiro atoms. The molecule has 3 aromatic heterocycles. The van der Waals surface area contributed by atoms with Crippen molar-refractivity contribution in [2.45, 2.75) is 12.3 Å². The third-order valence-electron chi connectivity index (χ3n) is 2.86. The molecule has 1 N–H and O–H groups in total. The minimum absolute atomic E-state index is 0.0469. The Morgan fingerprint density at radius 2 is 2.30 bits per heavy atom. The first-order valence-electron chi connectivity index (χ1n) is 6.70. The fourth-order valence-corrected chi connectivity index (χ4v) is 3.33. The topological polar surface area (TPSA) is 98.2 Å². The van der Waals surface area contributed by atoms with E-state index in [0.29, 0.717) is 11.6 Å². The quantitative estimate of drug-likeness (QED) is 0.699. The van der Waals surface area contributed by atoms with Crippen molar-refractivity contribution in [3.63, 3.8) is 0 Å². The van der Waals surface area contributed by atoms with Crippen LogP contribution in [0.1, 0.15) is 11.7 Å². The Morgan fingerprint density at radius 3 is 3.04 bits per heavy atom. The summed E-state index contributed by atoms with van der Waals surface area (Å²) in [6, 6.07) is 5.36. The van der Waals surface area contributed by atoms with Crippen molar-refractivity contribution in [3.8, 4) is 11.4 Å². The van der Waals surface area contributed by atoms with Crippen LogP contribution in [0.2, 0.25) is 0 Å². The summed E-state index contributed by atoms with van der Waals surface area (Å²) in [4.78, 5) is 15.9. The number of rotatable bonds is 7. The van der Waals surface area contributed by atoms with Gasteiger partial charge < -0.3 is 14.3 Å². The fourth-order valence-electron chi connectivity index (χ4n) is 1.81. The van der Waals surface area contributed by atoms with E-state index in [-0.39, 0.29) is 29.8 Å². The number of nitrogens with zero attached hydrogens (tertiary/aromatic N) is 2. The molecular formula is C14H13N3O4S2. The van der Waals surface area contributed by atoms with Crippen molar-refractivity contribution >= 4 is 28.0 Å². The lowest BCUT2D eigenvalue weighted by molar-refractivity contribution is -0.118. The first-order chi connectivity index (χ1) is 11.2. The van der Waals surface area contributed by atoms with E-state index in [1.165, 1.54) is 17.6 Å². The highest BCUT2D eigenvalue weighted by Gasteiger charge is 2.14. The molecule has 0 fully saturated rings. The monoisotopic (exact) mass is 351 g/mol. The Labute approximate surface area is 138 Å². The number of furan rings is 1. The molecule has 0 bridgehead atoms. The molecule has 0 radical (unpaired) electrons. The highest BCUT2D eigenvalue weighted by atomic mass is 32.2. The fraction of sp³-hybridized carbons (Fsp3) is 0.214. The van der Waals surface area contributed by atoms with Crippen molar-refractivity contribution in [1.29, 1.82) is 0 Å². The molecule has 3 aromatic rings. The summed E-state index contributed by atoms with van der Waals surface area (Å²) >= 11 is 1.53. The Balaban J connectivity index is 1.48. The predicted molar refractivity (Wildman–Crippen MR) is 84.9 cm³/mol. The van der Waals surface area contributed by atoms with Crippen LogP contribution in [0.25, 0.3) is 11.4 Å². The van der Waals surface area contributed by atoms with Crippen LogP contribution < -0.4 is 5.32 Å². The third-order valence-corrected chi connectivity index (χ3v) is 4.70. The number of carbonyl (C=O) groups excluding carboxylic acids is 1. The molecule has 120 valence electrons. The van der Waals surface area contributed by atoms with E-state index >= 15 is 0 Å². The largest absolute Gasteiger partial charge is 0.467 e. The molecule has 0 aromatic carbocycles. The zero-order valence-corrected chi connectivity index (χ0v) is 13.6. The van der Waals surface area contributed by atoms with Crippen molar-refractivity contribution in [3.05, 3.63) is 46.9 Å². The van der Waals surface area contributed by atoms with Gasteiger partial charge in [0.1, 0.15) is 17.3 Å². The van der Waals surface area contributed by atoms with Crippen LogP contribution in [-0.4, -0.2) is 26.0 Å². The van der Waals surface area contributed by atoms with Crippen LogP contribution in [0.15, 0.2) is 44.2 Å². The average Bonchev–Trinajstić information content (AvgIpc) is 3.26. The van der Waals surface area contributed by atoms with E-state index in [9.17, 15) is 9.00 Å². The van der Waals surface area contributed by atoms with Gasteiger partial charge in [-0.25, -0.2) is 0 Å². The van der Waals surface area contributed by atoms with E-state index < -0.39 is 10.8 Å². The predicted octanol–water partition coefficient (Wildman–Crippen LogP) is 1.96. The van der Waals surface area contributed by atoms with Crippen LogP contribution in [0, 0.1) is 0 Å². The number of nitrogens with one attached hydrogen (secondary N) is 1. The second-order valence-corrected chi connectivity index (χ2v) is 6.85. The van der Waals surface area contributed by atoms with Gasteiger partial charge in [0.2, 0.25) is 17.6 Å². The number of amides is 1. The van der Waals surface area contributed by atoms with E-state index in [0.717, 1.165) is 5.56 Å². The number of aromatic nitrogens is 2. The van der Waals surface area contributed by atoms with Gasteiger partial charge in [0.05, 0.1) is 12.8 Å². The molecule has 0 aliphatic rings. The van der Waals surface area contributed by atoms with Crippen LogP contribution in [0.5, 0.6) is 0 Å². The highest BCUT2D eigenvalue weighted by Crippen LogP contribution is 2.18. The summed E-state index contributed by atoms with van der Waals surface area (Å²) in [6.45, 7) is 0.270. The van der Waals surface area contributed by atoms with Crippen LogP contribution in [-0.2, 0) is 27.9 Å². The Morgan fingerprint density at radius 1 is 1.39 bits per heavy atom. The molecule has 3 rings (SSSR count). The van der Waals surface area contributed by atoms with Crippen molar-refractivity contribution < 1.29 is 17.9 Å². The molecule has 1 atom stereocenters. The van der Waals surface area contributed by atoms with E-state index in [2.05, 4.69) is 15.5 Å². The summed E-state index contributed by atoms with van der Waals surface area (Å²) in [7, 11) is -1.42. The zero-order valence-electron chi connectivity index (χ0n) is 11.9. The molecule has 23 heavy (non-hydrogen) atoms. The van der Waals surface area contributed by atoms with Gasteiger partial charge in [-0.2, -0.15) is 16.3 Å². The van der Waals surface area contributed by atoms with E-state index in [4.69, 9.17) is 8.94 Å². The standard InChI is InChI=1S/C14H13N3O4S2/c18-12(15-6-11-2-1-4-20-11)8-23(19)9-13-16-14(17-21-13)10-3-5-22-7-10/h1-5,7H,6,8-9H2,(H,15,18). The van der Waals surface area contributed by atoms with Gasteiger partial charge in [-0.15, -0.1) is 0 Å². The smallest absolute Gasteiger partial charge is 0.239 e. The maximum Gasteiger partial charge on any atom is 0.239 e. The SMILES string of the molecule is O=C(CS(=O)Cc1nc(-c2ccsc2)no1)NCc1ccco1. The second-order valence-electron chi connectivity index (χ2n) is 4.61. The molecular weight excluding hydrogens is 338 g/mol. The number of carbonyl (C=O) groups is 1. The van der Waals surface area contributed by atoms with Crippen molar-refractivity contribution in [1.82, 2.24) is 15.5 Å². The maximum absolute atomic E-state index is 12.0. The number of hydrogen-bond acceptors (Lipinski definition) is 7. The summed E-state index contributed by atoms with van der Waals surface area (Å²) in [5.74, 6) is 0.949. The molecule has 0 aliphatic heterocycles. The van der Waals surface area contributed by atoms with Gasteiger partial charge in [-0.05, 0) is 23.6 Å². The van der Waals surface area contributed by atoms with Gasteiger partial charge >= 0.3 is 0 Å². The maximum atomic E-state index is 12.0. The summed E-state index contributed by atoms with van der Waals surface area (Å²) in [5.41, 5.74) is 0.854. The average molecular weight is 351 g/mol. The molecule has 0 saturated carbocycles. The normalized spacial score (nSPS) is 12.2. The lowest BCUT2D eigenvalue weighted by Gasteiger charge is -2.02. The van der Waals surface area contributed by atoms with Gasteiger partial charge in [0, 0.05) is 21.7 Å². The van der Waals surface area contributed by atoms with E-state index in [1.807, 2.05) is 16.8 Å². The third kappa shape index (κ3) is 4.36. The molecule has 0 aliphatic carbocycles.